The Balaban J connectivity index is 1.57. The lowest BCUT2D eigenvalue weighted by Gasteiger charge is -2.30. The molecule has 1 atom stereocenters. The van der Waals surface area contributed by atoms with Crippen molar-refractivity contribution in [2.45, 2.75) is 39.0 Å². The maximum atomic E-state index is 4.41. The van der Waals surface area contributed by atoms with Crippen LogP contribution in [0.4, 0.5) is 0 Å². The first-order valence-corrected chi connectivity index (χ1v) is 10.2. The molecule has 2 heterocycles. The van der Waals surface area contributed by atoms with E-state index < -0.39 is 0 Å². The maximum absolute atomic E-state index is 4.41. The number of likely N-dealkylation sites (N-methyl/N-ethyl adjacent to an activating group) is 1. The highest BCUT2D eigenvalue weighted by atomic mass is 32.1. The molecule has 1 N–H and O–H groups in total. The highest BCUT2D eigenvalue weighted by molar-refractivity contribution is 7.09. The topological polar surface area (TPSA) is 30.9 Å². The molecule has 1 aliphatic heterocycles. The minimum absolute atomic E-state index is 0.882. The Morgan fingerprint density at radius 3 is 3.04 bits per heavy atom. The molecule has 1 aromatic heterocycles. The monoisotopic (exact) mass is 350 g/mol. The van der Waals surface area contributed by atoms with E-state index in [0.29, 0.717) is 0 Å². The highest BCUT2D eigenvalue weighted by Gasteiger charge is 2.15. The predicted molar refractivity (Wildman–Crippen MR) is 106 cm³/mol. The smallest absolute Gasteiger partial charge is 0.193 e. The van der Waals surface area contributed by atoms with Gasteiger partial charge in [0, 0.05) is 38.6 Å². The number of guanidine groups is 1. The van der Waals surface area contributed by atoms with E-state index in [9.17, 15) is 0 Å². The molecule has 0 spiro atoms. The Labute approximate surface area is 152 Å². The zero-order valence-corrected chi connectivity index (χ0v) is 16.4. The van der Waals surface area contributed by atoms with E-state index >= 15 is 0 Å². The average Bonchev–Trinajstić information content (AvgIpc) is 3.09. The van der Waals surface area contributed by atoms with Crippen molar-refractivity contribution < 1.29 is 0 Å². The van der Waals surface area contributed by atoms with E-state index in [4.69, 9.17) is 0 Å². The molecule has 0 aromatic carbocycles. The fourth-order valence-electron chi connectivity index (χ4n) is 3.37. The van der Waals surface area contributed by atoms with Crippen LogP contribution in [0, 0.1) is 5.92 Å². The Bertz CT molecular complexity index is 472. The molecule has 24 heavy (non-hydrogen) atoms. The molecule has 5 heteroatoms. The normalized spacial score (nSPS) is 19.5. The summed E-state index contributed by atoms with van der Waals surface area (Å²) in [5, 5.41) is 5.65. The van der Waals surface area contributed by atoms with Crippen molar-refractivity contribution in [3.63, 3.8) is 0 Å². The molecule has 0 aliphatic carbocycles. The summed E-state index contributed by atoms with van der Waals surface area (Å²) in [6, 6.07) is 4.33. The van der Waals surface area contributed by atoms with Crippen LogP contribution in [0.25, 0.3) is 0 Å². The fraction of sp³-hybridized carbons (Fsp3) is 0.737. The van der Waals surface area contributed by atoms with Gasteiger partial charge in [-0.2, -0.15) is 0 Å². The third kappa shape index (κ3) is 6.81. The van der Waals surface area contributed by atoms with Gasteiger partial charge >= 0.3 is 0 Å². The lowest BCUT2D eigenvalue weighted by Crippen LogP contribution is -2.40. The van der Waals surface area contributed by atoms with Gasteiger partial charge in [-0.3, -0.25) is 4.99 Å². The van der Waals surface area contributed by atoms with Gasteiger partial charge in [0.25, 0.3) is 0 Å². The number of aliphatic imine (C=N–C) groups is 1. The number of nitrogens with one attached hydrogen (secondary N) is 1. The lowest BCUT2D eigenvalue weighted by atomic mass is 10.0. The second-order valence-electron chi connectivity index (χ2n) is 6.98. The predicted octanol–water partition coefficient (Wildman–Crippen LogP) is 3.31. The standard InChI is InChI=1S/C19H34N4S/c1-17-8-6-13-23(16-17)12-5-4-11-21-19(20-2)22(3)14-10-18-9-7-15-24-18/h7,9,15,17H,4-6,8,10-14,16H2,1-3H3,(H,20,21). The summed E-state index contributed by atoms with van der Waals surface area (Å²) in [7, 11) is 4.00. The summed E-state index contributed by atoms with van der Waals surface area (Å²) >= 11 is 1.83. The van der Waals surface area contributed by atoms with Crippen molar-refractivity contribution >= 4 is 17.3 Å². The number of piperidine rings is 1. The molecule has 1 aliphatic rings. The SMILES string of the molecule is CN=C(NCCCCN1CCCC(C)C1)N(C)CCc1cccs1. The molecule has 136 valence electrons. The Kier molecular flexibility index (Phi) is 8.60. The van der Waals surface area contributed by atoms with Gasteiger partial charge in [0.15, 0.2) is 5.96 Å². The van der Waals surface area contributed by atoms with Gasteiger partial charge in [-0.05, 0) is 62.6 Å². The molecule has 2 rings (SSSR count). The summed E-state index contributed by atoms with van der Waals surface area (Å²) in [6.45, 7) is 8.24. The summed E-state index contributed by atoms with van der Waals surface area (Å²) < 4.78 is 0. The molecule has 1 saturated heterocycles. The number of rotatable bonds is 8. The van der Waals surface area contributed by atoms with Gasteiger partial charge in [0.2, 0.25) is 0 Å². The molecular weight excluding hydrogens is 316 g/mol. The van der Waals surface area contributed by atoms with Crippen molar-refractivity contribution in [1.29, 1.82) is 0 Å². The lowest BCUT2D eigenvalue weighted by molar-refractivity contribution is 0.181. The average molecular weight is 351 g/mol. The van der Waals surface area contributed by atoms with Crippen molar-refractivity contribution in [3.05, 3.63) is 22.4 Å². The van der Waals surface area contributed by atoms with E-state index in [1.54, 1.807) is 0 Å². The van der Waals surface area contributed by atoms with Gasteiger partial charge in [0.05, 0.1) is 0 Å². The van der Waals surface area contributed by atoms with Gasteiger partial charge < -0.3 is 15.1 Å². The molecular formula is C19H34N4S. The number of unbranched alkanes of at least 4 members (excludes halogenated alkanes) is 1. The van der Waals surface area contributed by atoms with E-state index in [-0.39, 0.29) is 0 Å². The number of thiophene rings is 1. The second-order valence-corrected chi connectivity index (χ2v) is 8.01. The number of hydrogen-bond acceptors (Lipinski definition) is 3. The van der Waals surface area contributed by atoms with Crippen molar-refractivity contribution in [2.75, 3.05) is 46.8 Å². The molecule has 0 saturated carbocycles. The molecule has 0 amide bonds. The summed E-state index contributed by atoms with van der Waals surface area (Å²) in [5.74, 6) is 1.89. The number of nitrogens with zero attached hydrogens (tertiary/aromatic N) is 3. The minimum atomic E-state index is 0.882. The third-order valence-electron chi connectivity index (χ3n) is 4.77. The zero-order chi connectivity index (χ0) is 17.2. The zero-order valence-electron chi connectivity index (χ0n) is 15.6. The Morgan fingerprint density at radius 1 is 1.46 bits per heavy atom. The largest absolute Gasteiger partial charge is 0.356 e. The first-order chi connectivity index (χ1) is 11.7. The van der Waals surface area contributed by atoms with Gasteiger partial charge in [0.1, 0.15) is 0 Å². The molecule has 4 nitrogen and oxygen atoms in total. The number of hydrogen-bond donors (Lipinski definition) is 1. The molecule has 1 fully saturated rings. The minimum Gasteiger partial charge on any atom is -0.356 e. The summed E-state index contributed by atoms with van der Waals surface area (Å²) in [5.41, 5.74) is 0. The van der Waals surface area contributed by atoms with Crippen LogP contribution in [-0.4, -0.2) is 62.6 Å². The van der Waals surface area contributed by atoms with Crippen molar-refractivity contribution in [2.24, 2.45) is 10.9 Å². The van der Waals surface area contributed by atoms with Crippen LogP contribution in [0.2, 0.25) is 0 Å². The van der Waals surface area contributed by atoms with E-state index in [2.05, 4.69) is 51.6 Å². The van der Waals surface area contributed by atoms with Crippen molar-refractivity contribution in [1.82, 2.24) is 15.1 Å². The second kappa shape index (κ2) is 10.7. The maximum Gasteiger partial charge on any atom is 0.193 e. The summed E-state index contributed by atoms with van der Waals surface area (Å²) in [4.78, 5) is 10.7. The van der Waals surface area contributed by atoms with E-state index in [1.807, 2.05) is 18.4 Å². The van der Waals surface area contributed by atoms with Crippen LogP contribution in [0.3, 0.4) is 0 Å². The first kappa shape index (κ1) is 19.3. The van der Waals surface area contributed by atoms with Crippen LogP contribution >= 0.6 is 11.3 Å². The van der Waals surface area contributed by atoms with E-state index in [0.717, 1.165) is 31.4 Å². The third-order valence-corrected chi connectivity index (χ3v) is 5.71. The van der Waals surface area contributed by atoms with Crippen LogP contribution in [0.15, 0.2) is 22.5 Å². The quantitative estimate of drug-likeness (QED) is 0.443. The molecule has 1 aromatic rings. The Hall–Kier alpha value is -1.07. The van der Waals surface area contributed by atoms with E-state index in [1.165, 1.54) is 50.2 Å². The summed E-state index contributed by atoms with van der Waals surface area (Å²) in [6.07, 6.45) is 6.35. The molecule has 0 radical (unpaired) electrons. The van der Waals surface area contributed by atoms with Gasteiger partial charge in [-0.25, -0.2) is 0 Å². The van der Waals surface area contributed by atoms with Crippen LogP contribution in [0.5, 0.6) is 0 Å². The first-order valence-electron chi connectivity index (χ1n) is 9.35. The highest BCUT2D eigenvalue weighted by Crippen LogP contribution is 2.15. The fourth-order valence-corrected chi connectivity index (χ4v) is 4.07. The molecule has 1 unspecified atom stereocenters. The van der Waals surface area contributed by atoms with Crippen LogP contribution in [0.1, 0.15) is 37.5 Å². The van der Waals surface area contributed by atoms with Gasteiger partial charge in [-0.1, -0.05) is 13.0 Å². The van der Waals surface area contributed by atoms with Crippen LogP contribution in [-0.2, 0) is 6.42 Å². The van der Waals surface area contributed by atoms with Crippen LogP contribution < -0.4 is 5.32 Å². The van der Waals surface area contributed by atoms with Crippen molar-refractivity contribution in [3.8, 4) is 0 Å². The number of likely N-dealkylation sites (tertiary alicyclic amines) is 1. The molecule has 0 bridgehead atoms. The Morgan fingerprint density at radius 2 is 2.33 bits per heavy atom. The van der Waals surface area contributed by atoms with Gasteiger partial charge in [-0.15, -0.1) is 11.3 Å².